The van der Waals surface area contributed by atoms with Gasteiger partial charge in [0.2, 0.25) is 0 Å². The van der Waals surface area contributed by atoms with E-state index in [1.165, 1.54) is 0 Å². The predicted octanol–water partition coefficient (Wildman–Crippen LogP) is 1.49. The lowest BCUT2D eigenvalue weighted by Crippen LogP contribution is -2.49. The molecule has 2 rings (SSSR count). The van der Waals surface area contributed by atoms with Crippen LogP contribution >= 0.6 is 11.3 Å². The largest absolute Gasteiger partial charge is 0.346 e. The zero-order valence-corrected chi connectivity index (χ0v) is 11.2. The molecule has 0 atom stereocenters. The van der Waals surface area contributed by atoms with E-state index in [0.29, 0.717) is 0 Å². The maximum Gasteiger partial charge on any atom is 0.185 e. The summed E-state index contributed by atoms with van der Waals surface area (Å²) in [4.78, 5) is 19.9. The summed E-state index contributed by atoms with van der Waals surface area (Å²) in [5.41, 5.74) is -0.233. The molecule has 1 aliphatic rings. The molecule has 17 heavy (non-hydrogen) atoms. The molecule has 0 bridgehead atoms. The highest BCUT2D eigenvalue weighted by molar-refractivity contribution is 7.13. The van der Waals surface area contributed by atoms with Gasteiger partial charge in [-0.15, -0.1) is 11.3 Å². The van der Waals surface area contributed by atoms with Gasteiger partial charge in [-0.2, -0.15) is 0 Å². The lowest BCUT2D eigenvalue weighted by Gasteiger charge is -2.37. The maximum absolute atomic E-state index is 10.9. The van der Waals surface area contributed by atoms with Gasteiger partial charge in [-0.05, 0) is 0 Å². The number of piperazine rings is 1. The fourth-order valence-electron chi connectivity index (χ4n) is 2.08. The van der Waals surface area contributed by atoms with Gasteiger partial charge in [-0.1, -0.05) is 13.8 Å². The molecule has 1 fully saturated rings. The number of rotatable bonds is 4. The molecule has 0 saturated carbocycles. The van der Waals surface area contributed by atoms with Crippen LogP contribution in [0.2, 0.25) is 0 Å². The number of carbonyl (C=O) groups excluding carboxylic acids is 1. The van der Waals surface area contributed by atoms with E-state index in [4.69, 9.17) is 0 Å². The average Bonchev–Trinajstić information content (AvgIpc) is 2.83. The molecule has 0 radical (unpaired) electrons. The Morgan fingerprint density at radius 3 is 2.65 bits per heavy atom. The molecule has 1 aromatic rings. The lowest BCUT2D eigenvalue weighted by atomic mass is 9.95. The van der Waals surface area contributed by atoms with Crippen LogP contribution in [0.4, 0.5) is 5.13 Å². The second-order valence-corrected chi connectivity index (χ2v) is 6.06. The molecule has 5 heteroatoms. The molecule has 0 spiro atoms. The van der Waals surface area contributed by atoms with E-state index in [-0.39, 0.29) is 5.41 Å². The first-order valence-corrected chi connectivity index (χ1v) is 6.82. The second-order valence-electron chi connectivity index (χ2n) is 5.18. The van der Waals surface area contributed by atoms with Crippen LogP contribution in [0.1, 0.15) is 13.8 Å². The Balaban J connectivity index is 1.84. The number of nitrogens with zero attached hydrogens (tertiary/aromatic N) is 3. The number of hydrogen-bond acceptors (Lipinski definition) is 5. The summed E-state index contributed by atoms with van der Waals surface area (Å²) in [6.07, 6.45) is 2.90. The highest BCUT2D eigenvalue weighted by Crippen LogP contribution is 2.20. The summed E-state index contributed by atoms with van der Waals surface area (Å²) in [5.74, 6) is 0. The van der Waals surface area contributed by atoms with E-state index in [1.807, 2.05) is 25.4 Å². The first kappa shape index (κ1) is 12.5. The van der Waals surface area contributed by atoms with Crippen LogP contribution in [0.15, 0.2) is 11.6 Å². The van der Waals surface area contributed by atoms with Gasteiger partial charge in [0, 0.05) is 49.7 Å². The van der Waals surface area contributed by atoms with Gasteiger partial charge in [0.1, 0.15) is 6.29 Å². The van der Waals surface area contributed by atoms with Crippen LogP contribution in [0.3, 0.4) is 0 Å². The molecule has 0 unspecified atom stereocenters. The zero-order chi connectivity index (χ0) is 12.3. The quantitative estimate of drug-likeness (QED) is 0.762. The van der Waals surface area contributed by atoms with Crippen molar-refractivity contribution >= 4 is 22.8 Å². The Kier molecular flexibility index (Phi) is 3.79. The Morgan fingerprint density at radius 2 is 2.12 bits per heavy atom. The van der Waals surface area contributed by atoms with Crippen LogP contribution in [0.25, 0.3) is 0 Å². The summed E-state index contributed by atoms with van der Waals surface area (Å²) in [6, 6.07) is 0. The summed E-state index contributed by atoms with van der Waals surface area (Å²) in [7, 11) is 0. The van der Waals surface area contributed by atoms with Crippen LogP contribution in [0, 0.1) is 5.41 Å². The van der Waals surface area contributed by atoms with E-state index in [9.17, 15) is 4.79 Å². The first-order valence-electron chi connectivity index (χ1n) is 5.94. The van der Waals surface area contributed by atoms with E-state index < -0.39 is 0 Å². The van der Waals surface area contributed by atoms with Gasteiger partial charge in [0.25, 0.3) is 0 Å². The van der Waals surface area contributed by atoms with Crippen LogP contribution in [-0.4, -0.2) is 48.9 Å². The molecule has 0 amide bonds. The Hall–Kier alpha value is -0.940. The fourth-order valence-corrected chi connectivity index (χ4v) is 2.78. The molecule has 0 N–H and O–H groups in total. The Morgan fingerprint density at radius 1 is 1.41 bits per heavy atom. The standard InChI is InChI=1S/C12H19N3OS/c1-12(2,10-16)9-14-4-6-15(7-5-14)11-13-3-8-17-11/h3,8,10H,4-7,9H2,1-2H3. The van der Waals surface area contributed by atoms with Gasteiger partial charge >= 0.3 is 0 Å². The third-order valence-electron chi connectivity index (χ3n) is 3.01. The first-order chi connectivity index (χ1) is 8.11. The number of aromatic nitrogens is 1. The van der Waals surface area contributed by atoms with Gasteiger partial charge in [-0.3, -0.25) is 4.90 Å². The molecule has 0 aromatic carbocycles. The van der Waals surface area contributed by atoms with Crippen molar-refractivity contribution in [3.63, 3.8) is 0 Å². The van der Waals surface area contributed by atoms with Crippen molar-refractivity contribution < 1.29 is 4.79 Å². The number of aldehydes is 1. The highest BCUT2D eigenvalue weighted by atomic mass is 32.1. The van der Waals surface area contributed by atoms with Crippen molar-refractivity contribution in [1.29, 1.82) is 0 Å². The topological polar surface area (TPSA) is 36.4 Å². The van der Waals surface area contributed by atoms with Gasteiger partial charge in [-0.25, -0.2) is 4.98 Å². The lowest BCUT2D eigenvalue weighted by molar-refractivity contribution is -0.115. The van der Waals surface area contributed by atoms with Crippen LogP contribution < -0.4 is 4.90 Å². The van der Waals surface area contributed by atoms with Crippen molar-refractivity contribution in [3.05, 3.63) is 11.6 Å². The van der Waals surface area contributed by atoms with Crippen LogP contribution in [-0.2, 0) is 4.79 Å². The molecule has 4 nitrogen and oxygen atoms in total. The third-order valence-corrected chi connectivity index (χ3v) is 3.84. The van der Waals surface area contributed by atoms with Gasteiger partial charge in [0.05, 0.1) is 0 Å². The van der Waals surface area contributed by atoms with Crippen molar-refractivity contribution in [2.45, 2.75) is 13.8 Å². The minimum absolute atomic E-state index is 0.233. The minimum atomic E-state index is -0.233. The number of thiazole rings is 1. The van der Waals surface area contributed by atoms with Crippen LogP contribution in [0.5, 0.6) is 0 Å². The van der Waals surface area contributed by atoms with Crippen molar-refractivity contribution in [3.8, 4) is 0 Å². The summed E-state index contributed by atoms with van der Waals surface area (Å²) in [5, 5.41) is 3.12. The molecule has 94 valence electrons. The monoisotopic (exact) mass is 253 g/mol. The maximum atomic E-state index is 10.9. The normalized spacial score (nSPS) is 18.4. The molecular weight excluding hydrogens is 234 g/mol. The smallest absolute Gasteiger partial charge is 0.185 e. The van der Waals surface area contributed by atoms with E-state index in [2.05, 4.69) is 14.8 Å². The highest BCUT2D eigenvalue weighted by Gasteiger charge is 2.24. The predicted molar refractivity (Wildman–Crippen MR) is 70.6 cm³/mol. The van der Waals surface area contributed by atoms with E-state index in [0.717, 1.165) is 44.1 Å². The minimum Gasteiger partial charge on any atom is -0.346 e. The molecule has 1 aromatic heterocycles. The SMILES string of the molecule is CC(C)(C=O)CN1CCN(c2nccs2)CC1. The third kappa shape index (κ3) is 3.26. The van der Waals surface area contributed by atoms with Crippen molar-refractivity contribution in [2.24, 2.45) is 5.41 Å². The summed E-state index contributed by atoms with van der Waals surface area (Å²) in [6.45, 7) is 8.86. The van der Waals surface area contributed by atoms with Crippen molar-refractivity contribution in [1.82, 2.24) is 9.88 Å². The molecule has 1 saturated heterocycles. The number of anilines is 1. The molecule has 2 heterocycles. The molecule has 0 aliphatic carbocycles. The van der Waals surface area contributed by atoms with E-state index >= 15 is 0 Å². The van der Waals surface area contributed by atoms with E-state index in [1.54, 1.807) is 11.3 Å². The van der Waals surface area contributed by atoms with Gasteiger partial charge in [0.15, 0.2) is 5.13 Å². The average molecular weight is 253 g/mol. The molecule has 1 aliphatic heterocycles. The second kappa shape index (κ2) is 5.14. The Bertz CT molecular complexity index is 356. The van der Waals surface area contributed by atoms with Gasteiger partial charge < -0.3 is 9.69 Å². The zero-order valence-electron chi connectivity index (χ0n) is 10.4. The number of hydrogen-bond donors (Lipinski definition) is 0. The van der Waals surface area contributed by atoms with Crippen molar-refractivity contribution in [2.75, 3.05) is 37.6 Å². The number of carbonyl (C=O) groups is 1. The molecular formula is C12H19N3OS. The fraction of sp³-hybridized carbons (Fsp3) is 0.667. The summed E-state index contributed by atoms with van der Waals surface area (Å²) < 4.78 is 0. The Labute approximate surface area is 106 Å². The summed E-state index contributed by atoms with van der Waals surface area (Å²) >= 11 is 1.69.